The topological polar surface area (TPSA) is 54.3 Å². The van der Waals surface area contributed by atoms with E-state index in [2.05, 4.69) is 23.7 Å². The van der Waals surface area contributed by atoms with Crippen molar-refractivity contribution in [1.29, 1.82) is 0 Å². The van der Waals surface area contributed by atoms with E-state index in [1.165, 1.54) is 5.56 Å². The smallest absolute Gasteiger partial charge is 0.251 e. The third-order valence-electron chi connectivity index (χ3n) is 6.01. The number of aryl methyl sites for hydroxylation is 1. The van der Waals surface area contributed by atoms with Crippen molar-refractivity contribution in [3.05, 3.63) is 65.4 Å². The lowest BCUT2D eigenvalue weighted by molar-refractivity contribution is -0.147. The van der Waals surface area contributed by atoms with Crippen molar-refractivity contribution >= 4 is 28.4 Å². The molecule has 0 spiro atoms. The first kappa shape index (κ1) is 19.2. The minimum absolute atomic E-state index is 0.0210. The van der Waals surface area contributed by atoms with Crippen molar-refractivity contribution < 1.29 is 9.59 Å². The van der Waals surface area contributed by atoms with Gasteiger partial charge in [0.05, 0.1) is 0 Å². The second-order valence-corrected chi connectivity index (χ2v) is 8.08. The van der Waals surface area contributed by atoms with Gasteiger partial charge in [0.1, 0.15) is 6.04 Å². The van der Waals surface area contributed by atoms with Gasteiger partial charge in [0.25, 0.3) is 5.91 Å². The fourth-order valence-electron chi connectivity index (χ4n) is 4.09. The molecule has 5 heteroatoms. The molecule has 1 fully saturated rings. The van der Waals surface area contributed by atoms with Crippen LogP contribution in [0, 0.1) is 6.92 Å². The molecule has 0 bridgehead atoms. The van der Waals surface area contributed by atoms with Gasteiger partial charge in [-0.2, -0.15) is 0 Å². The van der Waals surface area contributed by atoms with E-state index >= 15 is 0 Å². The molecule has 1 N–H and O–H groups in total. The van der Waals surface area contributed by atoms with Crippen LogP contribution in [0.2, 0.25) is 0 Å². The van der Waals surface area contributed by atoms with E-state index in [1.807, 2.05) is 62.5 Å². The molecule has 4 rings (SSSR count). The predicted octanol–water partition coefficient (Wildman–Crippen LogP) is 4.52. The van der Waals surface area contributed by atoms with Crippen molar-refractivity contribution in [2.24, 2.45) is 7.05 Å². The minimum atomic E-state index is -0.632. The van der Waals surface area contributed by atoms with Crippen LogP contribution < -0.4 is 5.32 Å². The Bertz CT molecular complexity index is 1080. The van der Waals surface area contributed by atoms with Gasteiger partial charge < -0.3 is 14.8 Å². The number of rotatable bonds is 5. The summed E-state index contributed by atoms with van der Waals surface area (Å²) in [7, 11) is 2.00. The number of nitrogens with zero attached hydrogens (tertiary/aromatic N) is 2. The van der Waals surface area contributed by atoms with E-state index in [0.717, 1.165) is 27.8 Å². The van der Waals surface area contributed by atoms with Gasteiger partial charge in [-0.1, -0.05) is 44.2 Å². The maximum absolute atomic E-state index is 13.4. The number of β-lactam (4-membered cyclic amide) rings is 1. The van der Waals surface area contributed by atoms with Crippen LogP contribution in [0.25, 0.3) is 10.9 Å². The lowest BCUT2D eigenvalue weighted by atomic mass is 9.97. The van der Waals surface area contributed by atoms with Crippen LogP contribution in [0.4, 0.5) is 5.69 Å². The van der Waals surface area contributed by atoms with Crippen LogP contribution >= 0.6 is 0 Å². The average molecular weight is 389 g/mol. The lowest BCUT2D eigenvalue weighted by Crippen LogP contribution is -2.49. The number of aromatic nitrogens is 1. The van der Waals surface area contributed by atoms with Gasteiger partial charge in [-0.05, 0) is 36.6 Å². The van der Waals surface area contributed by atoms with Gasteiger partial charge in [0.15, 0.2) is 0 Å². The third-order valence-corrected chi connectivity index (χ3v) is 6.01. The number of nitrogens with one attached hydrogen (secondary N) is 1. The molecule has 0 aliphatic carbocycles. The second-order valence-electron chi connectivity index (χ2n) is 8.08. The fourth-order valence-corrected chi connectivity index (χ4v) is 4.09. The predicted molar refractivity (Wildman–Crippen MR) is 116 cm³/mol. The number of anilines is 1. The monoisotopic (exact) mass is 389 g/mol. The highest BCUT2D eigenvalue weighted by Gasteiger charge is 2.39. The summed E-state index contributed by atoms with van der Waals surface area (Å²) in [5.74, 6) is 0.284. The summed E-state index contributed by atoms with van der Waals surface area (Å²) in [5.41, 5.74) is 4.94. The summed E-state index contributed by atoms with van der Waals surface area (Å²) in [6, 6.07) is 15.3. The molecule has 3 aromatic rings. The Hall–Kier alpha value is -3.08. The van der Waals surface area contributed by atoms with Crippen molar-refractivity contribution in [1.82, 2.24) is 9.47 Å². The van der Waals surface area contributed by atoms with Crippen LogP contribution in [0.1, 0.15) is 49.0 Å². The number of hydrogen-bond donors (Lipinski definition) is 1. The summed E-state index contributed by atoms with van der Waals surface area (Å²) in [4.78, 5) is 27.4. The van der Waals surface area contributed by atoms with Crippen LogP contribution in [-0.2, 0) is 16.6 Å². The normalized spacial score (nSPS) is 14.9. The number of hydrogen-bond acceptors (Lipinski definition) is 2. The Labute approximate surface area is 171 Å². The third kappa shape index (κ3) is 3.31. The van der Waals surface area contributed by atoms with Crippen molar-refractivity contribution in [3.63, 3.8) is 0 Å². The Kier molecular flexibility index (Phi) is 4.91. The molecular formula is C24H27N3O2. The zero-order valence-electron chi connectivity index (χ0n) is 17.4. The number of likely N-dealkylation sites (tertiary alicyclic amines) is 1. The fraction of sp³-hybridized carbons (Fsp3) is 0.333. The number of fused-ring (bicyclic) bond motifs is 1. The van der Waals surface area contributed by atoms with Crippen molar-refractivity contribution in [3.8, 4) is 0 Å². The summed E-state index contributed by atoms with van der Waals surface area (Å²) in [6.45, 7) is 6.90. The average Bonchev–Trinajstić information content (AvgIpc) is 2.96. The molecule has 29 heavy (non-hydrogen) atoms. The molecular weight excluding hydrogens is 362 g/mol. The summed E-state index contributed by atoms with van der Waals surface area (Å²) < 4.78 is 2.09. The van der Waals surface area contributed by atoms with Crippen LogP contribution in [0.5, 0.6) is 0 Å². The van der Waals surface area contributed by atoms with Crippen molar-refractivity contribution in [2.45, 2.75) is 39.2 Å². The Balaban J connectivity index is 1.73. The molecule has 1 aliphatic heterocycles. The van der Waals surface area contributed by atoms with Crippen LogP contribution in [0.3, 0.4) is 0 Å². The maximum Gasteiger partial charge on any atom is 0.251 e. The highest BCUT2D eigenvalue weighted by molar-refractivity contribution is 6.02. The molecule has 5 nitrogen and oxygen atoms in total. The second kappa shape index (κ2) is 7.39. The summed E-state index contributed by atoms with van der Waals surface area (Å²) in [5, 5.41) is 4.05. The molecule has 0 radical (unpaired) electrons. The molecule has 1 saturated heterocycles. The molecule has 150 valence electrons. The first-order chi connectivity index (χ1) is 13.9. The number of benzene rings is 2. The van der Waals surface area contributed by atoms with E-state index in [0.29, 0.717) is 18.9 Å². The van der Waals surface area contributed by atoms with E-state index in [-0.39, 0.29) is 11.8 Å². The number of carbonyl (C=O) groups excluding carboxylic acids is 2. The van der Waals surface area contributed by atoms with E-state index in [4.69, 9.17) is 0 Å². The molecule has 2 heterocycles. The molecule has 1 aromatic heterocycles. The molecule has 1 atom stereocenters. The van der Waals surface area contributed by atoms with Gasteiger partial charge >= 0.3 is 0 Å². The van der Waals surface area contributed by atoms with Gasteiger partial charge in [-0.25, -0.2) is 0 Å². The van der Waals surface area contributed by atoms with E-state index < -0.39 is 6.04 Å². The number of para-hydroxylation sites is 1. The largest absolute Gasteiger partial charge is 0.348 e. The quantitative estimate of drug-likeness (QED) is 0.652. The maximum atomic E-state index is 13.4. The zero-order valence-corrected chi connectivity index (χ0v) is 17.4. The Morgan fingerprint density at radius 2 is 1.76 bits per heavy atom. The van der Waals surface area contributed by atoms with Gasteiger partial charge in [0, 0.05) is 47.9 Å². The summed E-state index contributed by atoms with van der Waals surface area (Å²) in [6.07, 6.45) is 0.497. The summed E-state index contributed by atoms with van der Waals surface area (Å²) >= 11 is 0. The molecule has 2 aromatic carbocycles. The van der Waals surface area contributed by atoms with Crippen LogP contribution in [0.15, 0.2) is 48.5 Å². The lowest BCUT2D eigenvalue weighted by Gasteiger charge is -2.37. The van der Waals surface area contributed by atoms with Gasteiger partial charge in [-0.15, -0.1) is 0 Å². The van der Waals surface area contributed by atoms with Crippen molar-refractivity contribution in [2.75, 3.05) is 11.9 Å². The van der Waals surface area contributed by atoms with Gasteiger partial charge in [-0.3, -0.25) is 9.59 Å². The highest BCUT2D eigenvalue weighted by atomic mass is 16.2. The first-order valence-electron chi connectivity index (χ1n) is 10.1. The number of amides is 2. The molecule has 0 saturated carbocycles. The van der Waals surface area contributed by atoms with E-state index in [9.17, 15) is 9.59 Å². The molecule has 1 aliphatic rings. The standard InChI is InChI=1S/C24H27N3O2/c1-15(2)17-9-11-18(12-10-17)25-24(29)23(27-14-13-21(27)28)22-16(3)26(4)20-8-6-5-7-19(20)22/h5-12,15,23H,13-14H2,1-4H3,(H,25,29). The SMILES string of the molecule is Cc1c(C(C(=O)Nc2ccc(C(C)C)cc2)N2CCC2=O)c2ccccc2n1C. The van der Waals surface area contributed by atoms with Gasteiger partial charge in [0.2, 0.25) is 5.91 Å². The first-order valence-corrected chi connectivity index (χ1v) is 10.1. The molecule has 1 unspecified atom stereocenters. The Morgan fingerprint density at radius 1 is 1.07 bits per heavy atom. The Morgan fingerprint density at radius 3 is 2.34 bits per heavy atom. The highest BCUT2D eigenvalue weighted by Crippen LogP contribution is 2.36. The number of carbonyl (C=O) groups is 2. The minimum Gasteiger partial charge on any atom is -0.348 e. The zero-order chi connectivity index (χ0) is 20.7. The van der Waals surface area contributed by atoms with E-state index in [1.54, 1.807) is 4.90 Å². The molecule has 2 amide bonds. The van der Waals surface area contributed by atoms with Crippen LogP contribution in [-0.4, -0.2) is 27.8 Å².